The number of carboxylic acid groups (broad SMARTS) is 1. The van der Waals surface area contributed by atoms with E-state index in [1.54, 1.807) is 10.6 Å². The summed E-state index contributed by atoms with van der Waals surface area (Å²) in [4.78, 5) is 25.3. The predicted octanol–water partition coefficient (Wildman–Crippen LogP) is 1.19. The van der Waals surface area contributed by atoms with Crippen LogP contribution in [-0.4, -0.2) is 35.2 Å². The first kappa shape index (κ1) is 12.8. The molecule has 0 spiro atoms. The monoisotopic (exact) mass is 287 g/mol. The molecule has 0 saturated heterocycles. The van der Waals surface area contributed by atoms with Gasteiger partial charge in [0.05, 0.1) is 17.2 Å². The molecule has 0 bridgehead atoms. The minimum atomic E-state index is -1.43. The van der Waals surface area contributed by atoms with E-state index >= 15 is 0 Å². The third kappa shape index (κ3) is 2.31. The molecule has 3 aromatic rings. The van der Waals surface area contributed by atoms with Crippen molar-refractivity contribution < 1.29 is 14.8 Å². The highest BCUT2D eigenvalue weighted by Crippen LogP contribution is 2.17. The van der Waals surface area contributed by atoms with Crippen molar-refractivity contribution in [3.05, 3.63) is 58.3 Å². The number of carbonyl (C=O) groups is 1. The van der Waals surface area contributed by atoms with Crippen LogP contribution in [0.2, 0.25) is 0 Å². The van der Waals surface area contributed by atoms with Crippen LogP contribution < -0.4 is 0 Å². The molecule has 0 atom stereocenters. The van der Waals surface area contributed by atoms with E-state index in [-0.39, 0.29) is 6.54 Å². The van der Waals surface area contributed by atoms with Crippen molar-refractivity contribution in [2.75, 3.05) is 0 Å². The highest BCUT2D eigenvalue weighted by Gasteiger charge is 2.25. The summed E-state index contributed by atoms with van der Waals surface area (Å²) in [5.41, 5.74) is 0.234. The van der Waals surface area contributed by atoms with Crippen molar-refractivity contribution >= 4 is 17.3 Å². The molecule has 0 aromatic carbocycles. The van der Waals surface area contributed by atoms with Gasteiger partial charge in [0.15, 0.2) is 0 Å². The molecule has 106 valence electrons. The van der Waals surface area contributed by atoms with Crippen molar-refractivity contribution in [3.8, 4) is 0 Å². The number of hydrogen-bond donors (Lipinski definition) is 1. The molecular weight excluding hydrogens is 278 g/mol. The van der Waals surface area contributed by atoms with E-state index in [1.165, 1.54) is 4.68 Å². The van der Waals surface area contributed by atoms with Gasteiger partial charge < -0.3 is 9.51 Å². The molecule has 0 amide bonds. The SMILES string of the molecule is O=C(O)c1nn(Cc2cn3ccccc3n2)cc1[N+](=O)[O-]. The molecule has 0 aliphatic heterocycles. The first-order valence-corrected chi connectivity index (χ1v) is 5.92. The number of aromatic carboxylic acids is 1. The minimum absolute atomic E-state index is 0.149. The van der Waals surface area contributed by atoms with Crippen molar-refractivity contribution in [3.63, 3.8) is 0 Å². The average molecular weight is 287 g/mol. The molecule has 0 unspecified atom stereocenters. The Bertz CT molecular complexity index is 786. The fourth-order valence-corrected chi connectivity index (χ4v) is 2.01. The third-order valence-electron chi connectivity index (χ3n) is 2.88. The molecule has 3 heterocycles. The molecule has 0 saturated carbocycles. The van der Waals surface area contributed by atoms with Crippen LogP contribution in [0.5, 0.6) is 0 Å². The lowest BCUT2D eigenvalue weighted by atomic mass is 10.4. The molecular formula is C12H9N5O4. The normalized spacial score (nSPS) is 10.9. The Morgan fingerprint density at radius 2 is 2.19 bits per heavy atom. The van der Waals surface area contributed by atoms with Gasteiger partial charge in [0, 0.05) is 12.4 Å². The summed E-state index contributed by atoms with van der Waals surface area (Å²) in [5, 5.41) is 23.4. The maximum Gasteiger partial charge on any atom is 0.363 e. The quantitative estimate of drug-likeness (QED) is 0.569. The summed E-state index contributed by atoms with van der Waals surface area (Å²) >= 11 is 0. The largest absolute Gasteiger partial charge is 0.476 e. The number of hydrogen-bond acceptors (Lipinski definition) is 5. The Hall–Kier alpha value is -3.23. The van der Waals surface area contributed by atoms with Gasteiger partial charge in [-0.3, -0.25) is 14.8 Å². The van der Waals surface area contributed by atoms with Gasteiger partial charge in [0.1, 0.15) is 11.8 Å². The minimum Gasteiger partial charge on any atom is -0.476 e. The fourth-order valence-electron chi connectivity index (χ4n) is 2.01. The molecule has 0 radical (unpaired) electrons. The first-order chi connectivity index (χ1) is 10.0. The van der Waals surface area contributed by atoms with E-state index in [9.17, 15) is 14.9 Å². The molecule has 3 rings (SSSR count). The smallest absolute Gasteiger partial charge is 0.363 e. The van der Waals surface area contributed by atoms with Gasteiger partial charge >= 0.3 is 11.7 Å². The third-order valence-corrected chi connectivity index (χ3v) is 2.88. The summed E-state index contributed by atoms with van der Waals surface area (Å²) < 4.78 is 2.99. The van der Waals surface area contributed by atoms with Crippen LogP contribution in [0, 0.1) is 10.1 Å². The topological polar surface area (TPSA) is 116 Å². The zero-order valence-corrected chi connectivity index (χ0v) is 10.6. The van der Waals surface area contributed by atoms with Crippen LogP contribution in [0.1, 0.15) is 16.2 Å². The number of fused-ring (bicyclic) bond motifs is 1. The molecule has 0 aliphatic rings. The van der Waals surface area contributed by atoms with Crippen LogP contribution in [0.15, 0.2) is 36.8 Å². The van der Waals surface area contributed by atoms with Gasteiger partial charge in [-0.05, 0) is 12.1 Å². The summed E-state index contributed by atoms with van der Waals surface area (Å²) in [6, 6.07) is 5.50. The van der Waals surface area contributed by atoms with E-state index in [0.29, 0.717) is 5.69 Å². The molecule has 1 N–H and O–H groups in total. The number of imidazole rings is 1. The summed E-state index contributed by atoms with van der Waals surface area (Å²) in [5.74, 6) is -1.43. The van der Waals surface area contributed by atoms with Crippen molar-refractivity contribution in [1.82, 2.24) is 19.2 Å². The second-order valence-electron chi connectivity index (χ2n) is 4.32. The average Bonchev–Trinajstić information content (AvgIpc) is 3.02. The number of aromatic nitrogens is 4. The highest BCUT2D eigenvalue weighted by atomic mass is 16.6. The van der Waals surface area contributed by atoms with Gasteiger partial charge in [0.2, 0.25) is 5.69 Å². The Labute approximate surface area is 117 Å². The van der Waals surface area contributed by atoms with Gasteiger partial charge in [-0.25, -0.2) is 9.78 Å². The highest BCUT2D eigenvalue weighted by molar-refractivity contribution is 5.89. The van der Waals surface area contributed by atoms with Crippen LogP contribution >= 0.6 is 0 Å². The first-order valence-electron chi connectivity index (χ1n) is 5.92. The maximum atomic E-state index is 10.9. The van der Waals surface area contributed by atoms with Crippen molar-refractivity contribution in [1.29, 1.82) is 0 Å². The Morgan fingerprint density at radius 1 is 1.38 bits per heavy atom. The van der Waals surface area contributed by atoms with E-state index in [1.807, 2.05) is 24.4 Å². The zero-order chi connectivity index (χ0) is 15.0. The van der Waals surface area contributed by atoms with E-state index in [4.69, 9.17) is 5.11 Å². The zero-order valence-electron chi connectivity index (χ0n) is 10.6. The lowest BCUT2D eigenvalue weighted by Crippen LogP contribution is -2.04. The number of nitrogens with zero attached hydrogens (tertiary/aromatic N) is 5. The maximum absolute atomic E-state index is 10.9. The fraction of sp³-hybridized carbons (Fsp3) is 0.0833. The molecule has 3 aromatic heterocycles. The molecule has 0 fully saturated rings. The molecule has 9 heteroatoms. The predicted molar refractivity (Wildman–Crippen MR) is 70.1 cm³/mol. The number of rotatable bonds is 4. The Balaban J connectivity index is 1.96. The summed E-state index contributed by atoms with van der Waals surface area (Å²) in [6.07, 6.45) is 4.66. The lowest BCUT2D eigenvalue weighted by molar-refractivity contribution is -0.385. The molecule has 9 nitrogen and oxygen atoms in total. The number of nitro groups is 1. The van der Waals surface area contributed by atoms with Crippen LogP contribution in [0.4, 0.5) is 5.69 Å². The van der Waals surface area contributed by atoms with Gasteiger partial charge in [-0.1, -0.05) is 6.07 Å². The van der Waals surface area contributed by atoms with Crippen molar-refractivity contribution in [2.45, 2.75) is 6.54 Å². The van der Waals surface area contributed by atoms with Crippen molar-refractivity contribution in [2.24, 2.45) is 0 Å². The molecule has 0 aliphatic carbocycles. The standard InChI is InChI=1S/C12H9N5O4/c18-12(19)11-9(17(20)21)7-16(14-11)6-8-5-15-4-2-1-3-10(15)13-8/h1-5,7H,6H2,(H,18,19). The molecule has 21 heavy (non-hydrogen) atoms. The second kappa shape index (κ2) is 4.71. The van der Waals surface area contributed by atoms with Gasteiger partial charge in [0.25, 0.3) is 0 Å². The van der Waals surface area contributed by atoms with E-state index < -0.39 is 22.3 Å². The van der Waals surface area contributed by atoms with Gasteiger partial charge in [-0.2, -0.15) is 5.10 Å². The summed E-state index contributed by atoms with van der Waals surface area (Å²) in [7, 11) is 0. The Kier molecular flexibility index (Phi) is 2.87. The number of pyridine rings is 1. The van der Waals surface area contributed by atoms with E-state index in [0.717, 1.165) is 11.8 Å². The van der Waals surface area contributed by atoms with Crippen LogP contribution in [-0.2, 0) is 6.54 Å². The van der Waals surface area contributed by atoms with Gasteiger partial charge in [-0.15, -0.1) is 0 Å². The van der Waals surface area contributed by atoms with E-state index in [2.05, 4.69) is 10.1 Å². The second-order valence-corrected chi connectivity index (χ2v) is 4.32. The van der Waals surface area contributed by atoms with Crippen LogP contribution in [0.25, 0.3) is 5.65 Å². The summed E-state index contributed by atoms with van der Waals surface area (Å²) in [6.45, 7) is 0.149. The van der Waals surface area contributed by atoms with Crippen LogP contribution in [0.3, 0.4) is 0 Å². The number of carboxylic acids is 1. The lowest BCUT2D eigenvalue weighted by Gasteiger charge is -1.94. The Morgan fingerprint density at radius 3 is 2.81 bits per heavy atom.